The Kier molecular flexibility index (Phi) is 4.58. The molecule has 0 saturated carbocycles. The van der Waals surface area contributed by atoms with Crippen LogP contribution in [0.5, 0.6) is 0 Å². The Labute approximate surface area is 177 Å². The molecule has 3 heterocycles. The molecule has 160 valence electrons. The number of rotatable bonds is 4. The zero-order valence-corrected chi connectivity index (χ0v) is 16.5. The smallest absolute Gasteiger partial charge is 0.266 e. The van der Waals surface area contributed by atoms with Gasteiger partial charge in [-0.3, -0.25) is 9.36 Å². The van der Waals surface area contributed by atoms with Gasteiger partial charge < -0.3 is 10.3 Å². The number of benzene rings is 2. The number of anilines is 1. The van der Waals surface area contributed by atoms with E-state index in [0.29, 0.717) is 23.0 Å². The van der Waals surface area contributed by atoms with Crippen molar-refractivity contribution in [1.29, 1.82) is 0 Å². The van der Waals surface area contributed by atoms with Gasteiger partial charge in [0.25, 0.3) is 5.56 Å². The largest absolute Gasteiger partial charge is 0.358 e. The molecule has 0 spiro atoms. The summed E-state index contributed by atoms with van der Waals surface area (Å²) in [5.74, 6) is -1.92. The van der Waals surface area contributed by atoms with Gasteiger partial charge in [-0.05, 0) is 37.3 Å². The summed E-state index contributed by atoms with van der Waals surface area (Å²) >= 11 is 0. The molecule has 1 atom stereocenters. The molecule has 11 heteroatoms. The van der Waals surface area contributed by atoms with Crippen LogP contribution < -0.4 is 10.9 Å². The van der Waals surface area contributed by atoms with E-state index in [1.807, 2.05) is 0 Å². The van der Waals surface area contributed by atoms with Crippen molar-refractivity contribution in [2.45, 2.75) is 13.0 Å². The molecule has 2 aromatic carbocycles. The maximum absolute atomic E-state index is 14.7. The number of nitrogens with one attached hydrogen (secondary N) is 2. The molecule has 8 nitrogen and oxygen atoms in total. The average molecular weight is 437 g/mol. The van der Waals surface area contributed by atoms with E-state index in [2.05, 4.69) is 30.2 Å². The van der Waals surface area contributed by atoms with Gasteiger partial charge in [0.15, 0.2) is 11.5 Å². The molecular formula is C21H14F3N7O. The van der Waals surface area contributed by atoms with Gasteiger partial charge in [-0.15, -0.1) is 0 Å². The summed E-state index contributed by atoms with van der Waals surface area (Å²) in [6, 6.07) is 5.71. The van der Waals surface area contributed by atoms with Crippen LogP contribution in [-0.4, -0.2) is 29.5 Å². The Bertz CT molecular complexity index is 1550. The normalized spacial score (nSPS) is 12.4. The molecule has 0 aliphatic rings. The van der Waals surface area contributed by atoms with E-state index in [-0.39, 0.29) is 22.4 Å². The first kappa shape index (κ1) is 19.7. The van der Waals surface area contributed by atoms with E-state index < -0.39 is 29.1 Å². The maximum Gasteiger partial charge on any atom is 0.266 e. The summed E-state index contributed by atoms with van der Waals surface area (Å²) in [6.45, 7) is 1.69. The summed E-state index contributed by atoms with van der Waals surface area (Å²) in [4.78, 5) is 33.1. The summed E-state index contributed by atoms with van der Waals surface area (Å²) in [6.07, 6.45) is 2.79. The molecule has 5 rings (SSSR count). The number of halogens is 3. The Balaban J connectivity index is 1.73. The molecule has 32 heavy (non-hydrogen) atoms. The third-order valence-corrected chi connectivity index (χ3v) is 4.96. The van der Waals surface area contributed by atoms with E-state index in [4.69, 9.17) is 0 Å². The highest BCUT2D eigenvalue weighted by Gasteiger charge is 2.22. The summed E-state index contributed by atoms with van der Waals surface area (Å²) in [5, 5.41) is 3.06. The number of imidazole rings is 1. The van der Waals surface area contributed by atoms with Gasteiger partial charge in [0.2, 0.25) is 0 Å². The fourth-order valence-electron chi connectivity index (χ4n) is 3.50. The van der Waals surface area contributed by atoms with Gasteiger partial charge in [0, 0.05) is 6.07 Å². The van der Waals surface area contributed by atoms with Crippen LogP contribution >= 0.6 is 0 Å². The summed E-state index contributed by atoms with van der Waals surface area (Å²) in [5.41, 5.74) is 0.275. The molecule has 0 aliphatic carbocycles. The molecule has 0 unspecified atom stereocenters. The maximum atomic E-state index is 14.7. The minimum absolute atomic E-state index is 0.0404. The summed E-state index contributed by atoms with van der Waals surface area (Å²) < 4.78 is 43.0. The van der Waals surface area contributed by atoms with E-state index in [0.717, 1.165) is 22.8 Å². The topological polar surface area (TPSA) is 101 Å². The fourth-order valence-corrected chi connectivity index (χ4v) is 3.50. The molecule has 0 aliphatic heterocycles. The van der Waals surface area contributed by atoms with Crippen molar-refractivity contribution >= 4 is 27.9 Å². The molecule has 0 fully saturated rings. The second-order valence-corrected chi connectivity index (χ2v) is 7.06. The van der Waals surface area contributed by atoms with Gasteiger partial charge in [-0.25, -0.2) is 33.1 Å². The Hall–Kier alpha value is -4.28. The van der Waals surface area contributed by atoms with Crippen LogP contribution in [0.15, 0.2) is 53.8 Å². The van der Waals surface area contributed by atoms with Crippen molar-refractivity contribution in [2.75, 3.05) is 5.32 Å². The Morgan fingerprint density at radius 2 is 1.81 bits per heavy atom. The lowest BCUT2D eigenvalue weighted by Gasteiger charge is -2.20. The van der Waals surface area contributed by atoms with Crippen molar-refractivity contribution in [1.82, 2.24) is 29.5 Å². The lowest BCUT2D eigenvalue weighted by atomic mass is 10.2. The van der Waals surface area contributed by atoms with Crippen molar-refractivity contribution in [3.63, 3.8) is 0 Å². The zero-order valence-electron chi connectivity index (χ0n) is 16.5. The van der Waals surface area contributed by atoms with Crippen molar-refractivity contribution in [2.24, 2.45) is 0 Å². The van der Waals surface area contributed by atoms with Crippen LogP contribution in [0.2, 0.25) is 0 Å². The Morgan fingerprint density at radius 1 is 1.03 bits per heavy atom. The van der Waals surface area contributed by atoms with E-state index in [1.54, 1.807) is 6.92 Å². The third kappa shape index (κ3) is 3.23. The molecule has 3 aromatic heterocycles. The lowest BCUT2D eigenvalue weighted by Crippen LogP contribution is -2.28. The SMILES string of the molecule is C[C@@H](Nc1ncnc2[nH]cnc12)c1nc2ccc(F)cc2c(=O)n1-c1ccc(F)cc1F. The van der Waals surface area contributed by atoms with Gasteiger partial charge in [0.05, 0.1) is 29.0 Å². The highest BCUT2D eigenvalue weighted by atomic mass is 19.1. The molecule has 0 bridgehead atoms. The molecule has 0 saturated heterocycles. The van der Waals surface area contributed by atoms with Gasteiger partial charge in [0.1, 0.15) is 35.1 Å². The van der Waals surface area contributed by atoms with Crippen molar-refractivity contribution in [3.8, 4) is 5.69 Å². The van der Waals surface area contributed by atoms with E-state index in [9.17, 15) is 18.0 Å². The summed E-state index contributed by atoms with van der Waals surface area (Å²) in [7, 11) is 0. The first-order chi connectivity index (χ1) is 15.4. The van der Waals surface area contributed by atoms with Gasteiger partial charge in [-0.2, -0.15) is 0 Å². The molecule has 5 aromatic rings. The number of hydrogen-bond donors (Lipinski definition) is 2. The van der Waals surface area contributed by atoms with E-state index in [1.165, 1.54) is 24.8 Å². The number of aromatic nitrogens is 6. The number of H-pyrrole nitrogens is 1. The predicted molar refractivity (Wildman–Crippen MR) is 111 cm³/mol. The molecular weight excluding hydrogens is 423 g/mol. The predicted octanol–water partition coefficient (Wildman–Crippen LogP) is 3.64. The monoisotopic (exact) mass is 437 g/mol. The fraction of sp³-hybridized carbons (Fsp3) is 0.0952. The van der Waals surface area contributed by atoms with Crippen LogP contribution in [0.25, 0.3) is 27.8 Å². The van der Waals surface area contributed by atoms with Crippen molar-refractivity contribution in [3.05, 3.63) is 82.7 Å². The standard InChI is InChI=1S/C21H14F3N7O/c1-10(29-19-17-18(26-8-25-17)27-9-28-19)20-30-15-4-2-11(22)6-13(15)21(32)31(20)16-5-3-12(23)7-14(16)24/h2-10H,1H3,(H2,25,26,27,28,29)/t10-/m1/s1. The molecule has 2 N–H and O–H groups in total. The first-order valence-corrected chi connectivity index (χ1v) is 9.50. The quantitative estimate of drug-likeness (QED) is 0.445. The minimum Gasteiger partial charge on any atom is -0.358 e. The zero-order chi connectivity index (χ0) is 22.4. The Morgan fingerprint density at radius 3 is 2.62 bits per heavy atom. The van der Waals surface area contributed by atoms with Crippen LogP contribution in [0, 0.1) is 17.5 Å². The van der Waals surface area contributed by atoms with Crippen LogP contribution in [0.4, 0.5) is 19.0 Å². The second-order valence-electron chi connectivity index (χ2n) is 7.06. The number of nitrogens with zero attached hydrogens (tertiary/aromatic N) is 5. The minimum atomic E-state index is -0.963. The highest BCUT2D eigenvalue weighted by Crippen LogP contribution is 2.25. The number of fused-ring (bicyclic) bond motifs is 2. The van der Waals surface area contributed by atoms with Crippen LogP contribution in [0.1, 0.15) is 18.8 Å². The first-order valence-electron chi connectivity index (χ1n) is 9.50. The van der Waals surface area contributed by atoms with Gasteiger partial charge >= 0.3 is 0 Å². The van der Waals surface area contributed by atoms with Crippen LogP contribution in [-0.2, 0) is 0 Å². The number of hydrogen-bond acceptors (Lipinski definition) is 6. The number of aromatic amines is 1. The average Bonchev–Trinajstić information content (AvgIpc) is 3.25. The van der Waals surface area contributed by atoms with Crippen LogP contribution in [0.3, 0.4) is 0 Å². The highest BCUT2D eigenvalue weighted by molar-refractivity contribution is 5.82. The molecule has 0 amide bonds. The second kappa shape index (κ2) is 7.45. The van der Waals surface area contributed by atoms with Crippen molar-refractivity contribution < 1.29 is 13.2 Å². The van der Waals surface area contributed by atoms with E-state index >= 15 is 0 Å². The van der Waals surface area contributed by atoms with Gasteiger partial charge in [-0.1, -0.05) is 0 Å². The third-order valence-electron chi connectivity index (χ3n) is 4.96. The lowest BCUT2D eigenvalue weighted by molar-refractivity contribution is 0.572. The molecule has 0 radical (unpaired) electrons.